The Morgan fingerprint density at radius 1 is 1.10 bits per heavy atom. The molecule has 156 valence electrons. The molecule has 0 spiro atoms. The number of thiophene rings is 1. The number of rotatable bonds is 5. The molecule has 3 aromatic rings. The lowest BCUT2D eigenvalue weighted by atomic mass is 9.78. The standard InChI is InChI=1S/C22H25N5O2S/c1-13-10-26-17(12-25-13)20(28)27-11-14-5-7-15(8-6-14)18-16-4-3-9-24-22(16)30-19(18)21(29)23-2/h3-4,9-10,12,14-15H,5-8,11H2,1-2H3,(H,23,29)(H,27,28). The number of fused-ring (bicyclic) bond motifs is 1. The molecule has 1 fully saturated rings. The van der Waals surface area contributed by atoms with Gasteiger partial charge in [0.2, 0.25) is 0 Å². The average molecular weight is 424 g/mol. The third kappa shape index (κ3) is 4.18. The van der Waals surface area contributed by atoms with Gasteiger partial charge in [-0.15, -0.1) is 11.3 Å². The molecule has 1 aliphatic rings. The minimum absolute atomic E-state index is 0.0402. The van der Waals surface area contributed by atoms with Crippen LogP contribution in [-0.4, -0.2) is 40.4 Å². The molecule has 3 heterocycles. The van der Waals surface area contributed by atoms with Crippen LogP contribution in [0.2, 0.25) is 0 Å². The van der Waals surface area contributed by atoms with Crippen molar-refractivity contribution in [3.05, 3.63) is 52.6 Å². The molecule has 7 nitrogen and oxygen atoms in total. The van der Waals surface area contributed by atoms with E-state index in [1.807, 2.05) is 13.0 Å². The average Bonchev–Trinajstić information content (AvgIpc) is 3.17. The summed E-state index contributed by atoms with van der Waals surface area (Å²) < 4.78 is 0. The summed E-state index contributed by atoms with van der Waals surface area (Å²) in [4.78, 5) is 39.2. The summed E-state index contributed by atoms with van der Waals surface area (Å²) in [5.41, 5.74) is 2.28. The van der Waals surface area contributed by atoms with E-state index >= 15 is 0 Å². The van der Waals surface area contributed by atoms with Gasteiger partial charge in [0.25, 0.3) is 11.8 Å². The number of aromatic nitrogens is 3. The van der Waals surface area contributed by atoms with Crippen molar-refractivity contribution in [2.45, 2.75) is 38.5 Å². The number of nitrogens with one attached hydrogen (secondary N) is 2. The summed E-state index contributed by atoms with van der Waals surface area (Å²) in [6, 6.07) is 4.00. The van der Waals surface area contributed by atoms with Gasteiger partial charge in [0, 0.05) is 31.4 Å². The molecule has 1 aliphatic carbocycles. The highest BCUT2D eigenvalue weighted by Gasteiger charge is 2.29. The number of hydrogen-bond donors (Lipinski definition) is 2. The quantitative estimate of drug-likeness (QED) is 0.655. The van der Waals surface area contributed by atoms with Gasteiger partial charge in [-0.2, -0.15) is 0 Å². The van der Waals surface area contributed by atoms with Crippen molar-refractivity contribution >= 4 is 33.4 Å². The first kappa shape index (κ1) is 20.4. The smallest absolute Gasteiger partial charge is 0.271 e. The van der Waals surface area contributed by atoms with Crippen molar-refractivity contribution in [2.24, 2.45) is 5.92 Å². The third-order valence-electron chi connectivity index (χ3n) is 5.76. The maximum atomic E-state index is 12.5. The Labute approximate surface area is 179 Å². The van der Waals surface area contributed by atoms with Gasteiger partial charge in [-0.1, -0.05) is 6.07 Å². The second-order valence-electron chi connectivity index (χ2n) is 7.75. The van der Waals surface area contributed by atoms with E-state index in [4.69, 9.17) is 0 Å². The van der Waals surface area contributed by atoms with Gasteiger partial charge in [0.05, 0.1) is 16.8 Å². The van der Waals surface area contributed by atoms with Gasteiger partial charge in [0.1, 0.15) is 10.5 Å². The zero-order valence-corrected chi connectivity index (χ0v) is 18.0. The molecule has 4 rings (SSSR count). The zero-order chi connectivity index (χ0) is 21.1. The SMILES string of the molecule is CNC(=O)c1sc2ncccc2c1C1CCC(CNC(=O)c2cnc(C)cn2)CC1. The molecule has 0 unspecified atom stereocenters. The number of carbonyl (C=O) groups excluding carboxylic acids is 2. The monoisotopic (exact) mass is 423 g/mol. The van der Waals surface area contributed by atoms with Crippen LogP contribution >= 0.6 is 11.3 Å². The molecule has 0 atom stereocenters. The Kier molecular flexibility index (Phi) is 6.03. The van der Waals surface area contributed by atoms with Crippen LogP contribution in [0.5, 0.6) is 0 Å². The fraction of sp³-hybridized carbons (Fsp3) is 0.409. The van der Waals surface area contributed by atoms with Crippen LogP contribution in [0, 0.1) is 12.8 Å². The Hall–Kier alpha value is -2.87. The van der Waals surface area contributed by atoms with Crippen LogP contribution in [0.4, 0.5) is 0 Å². The van der Waals surface area contributed by atoms with Gasteiger partial charge < -0.3 is 10.6 Å². The molecule has 0 aliphatic heterocycles. The molecule has 0 aromatic carbocycles. The van der Waals surface area contributed by atoms with E-state index in [2.05, 4.69) is 31.7 Å². The van der Waals surface area contributed by atoms with Crippen LogP contribution < -0.4 is 10.6 Å². The Bertz CT molecular complexity index is 1060. The summed E-state index contributed by atoms with van der Waals surface area (Å²) in [6.45, 7) is 2.48. The normalized spacial score (nSPS) is 18.9. The molecular weight excluding hydrogens is 398 g/mol. The van der Waals surface area contributed by atoms with Crippen molar-refractivity contribution in [3.8, 4) is 0 Å². The number of amides is 2. The molecule has 1 saturated carbocycles. The lowest BCUT2D eigenvalue weighted by Crippen LogP contribution is -2.31. The van der Waals surface area contributed by atoms with Crippen LogP contribution in [0.15, 0.2) is 30.7 Å². The first-order chi connectivity index (χ1) is 14.6. The zero-order valence-electron chi connectivity index (χ0n) is 17.1. The highest BCUT2D eigenvalue weighted by molar-refractivity contribution is 7.20. The van der Waals surface area contributed by atoms with Crippen molar-refractivity contribution in [3.63, 3.8) is 0 Å². The first-order valence-electron chi connectivity index (χ1n) is 10.2. The summed E-state index contributed by atoms with van der Waals surface area (Å²) in [7, 11) is 1.67. The molecule has 0 saturated heterocycles. The first-order valence-corrected chi connectivity index (χ1v) is 11.0. The fourth-order valence-corrected chi connectivity index (χ4v) is 5.31. The van der Waals surface area contributed by atoms with Crippen LogP contribution in [0.1, 0.15) is 63.0 Å². The Morgan fingerprint density at radius 2 is 1.90 bits per heavy atom. The number of nitrogens with zero attached hydrogens (tertiary/aromatic N) is 3. The van der Waals surface area contributed by atoms with E-state index < -0.39 is 0 Å². The molecule has 8 heteroatoms. The molecule has 3 aromatic heterocycles. The number of carbonyl (C=O) groups is 2. The minimum atomic E-state index is -0.179. The summed E-state index contributed by atoms with van der Waals surface area (Å²) >= 11 is 1.47. The van der Waals surface area contributed by atoms with Crippen molar-refractivity contribution in [2.75, 3.05) is 13.6 Å². The maximum Gasteiger partial charge on any atom is 0.271 e. The van der Waals surface area contributed by atoms with Crippen LogP contribution in [-0.2, 0) is 0 Å². The van der Waals surface area contributed by atoms with E-state index in [0.29, 0.717) is 24.1 Å². The largest absolute Gasteiger partial charge is 0.354 e. The molecule has 2 amide bonds. The van der Waals surface area contributed by atoms with Crippen molar-refractivity contribution < 1.29 is 9.59 Å². The predicted molar refractivity (Wildman–Crippen MR) is 117 cm³/mol. The third-order valence-corrected chi connectivity index (χ3v) is 6.89. The second-order valence-corrected chi connectivity index (χ2v) is 8.75. The lowest BCUT2D eigenvalue weighted by Gasteiger charge is -2.29. The van der Waals surface area contributed by atoms with Crippen LogP contribution in [0.3, 0.4) is 0 Å². The van der Waals surface area contributed by atoms with Crippen LogP contribution in [0.25, 0.3) is 10.2 Å². The Morgan fingerprint density at radius 3 is 2.60 bits per heavy atom. The maximum absolute atomic E-state index is 12.5. The molecular formula is C22H25N5O2S. The molecule has 30 heavy (non-hydrogen) atoms. The van der Waals surface area contributed by atoms with Gasteiger partial charge in [-0.3, -0.25) is 14.6 Å². The highest BCUT2D eigenvalue weighted by Crippen LogP contribution is 2.43. The lowest BCUT2D eigenvalue weighted by molar-refractivity contribution is 0.0934. The predicted octanol–water partition coefficient (Wildman–Crippen LogP) is 3.46. The molecule has 0 bridgehead atoms. The summed E-state index contributed by atoms with van der Waals surface area (Å²) in [6.07, 6.45) is 8.89. The fourth-order valence-electron chi connectivity index (χ4n) is 4.13. The van der Waals surface area contributed by atoms with E-state index in [0.717, 1.165) is 52.0 Å². The highest BCUT2D eigenvalue weighted by atomic mass is 32.1. The van der Waals surface area contributed by atoms with Gasteiger partial charge in [-0.05, 0) is 56.1 Å². The number of pyridine rings is 1. The Balaban J connectivity index is 1.41. The van der Waals surface area contributed by atoms with Crippen molar-refractivity contribution in [1.29, 1.82) is 0 Å². The van der Waals surface area contributed by atoms with Gasteiger partial charge >= 0.3 is 0 Å². The molecule has 2 N–H and O–H groups in total. The number of aryl methyl sites for hydroxylation is 1. The van der Waals surface area contributed by atoms with E-state index in [-0.39, 0.29) is 11.8 Å². The minimum Gasteiger partial charge on any atom is -0.354 e. The van der Waals surface area contributed by atoms with E-state index in [1.54, 1.807) is 19.4 Å². The number of hydrogen-bond acceptors (Lipinski definition) is 6. The summed E-state index contributed by atoms with van der Waals surface area (Å²) in [5, 5.41) is 6.85. The van der Waals surface area contributed by atoms with Crippen molar-refractivity contribution in [1.82, 2.24) is 25.6 Å². The summed E-state index contributed by atoms with van der Waals surface area (Å²) in [5.74, 6) is 0.545. The second kappa shape index (κ2) is 8.87. The molecule has 0 radical (unpaired) electrons. The van der Waals surface area contributed by atoms with E-state index in [9.17, 15) is 9.59 Å². The van der Waals surface area contributed by atoms with E-state index in [1.165, 1.54) is 17.5 Å². The van der Waals surface area contributed by atoms with Gasteiger partial charge in [-0.25, -0.2) is 9.97 Å². The topological polar surface area (TPSA) is 96.9 Å². The van der Waals surface area contributed by atoms with Gasteiger partial charge in [0.15, 0.2) is 0 Å².